The zero-order valence-corrected chi connectivity index (χ0v) is 15.2. The second-order valence-corrected chi connectivity index (χ2v) is 6.20. The maximum absolute atomic E-state index is 12.5. The third kappa shape index (κ3) is 4.76. The Morgan fingerprint density at radius 2 is 1.56 bits per heavy atom. The van der Waals surface area contributed by atoms with Gasteiger partial charge >= 0.3 is 0 Å². The van der Waals surface area contributed by atoms with Crippen molar-refractivity contribution in [1.29, 1.82) is 0 Å². The number of Topliss-reactive ketones (excluding diaryl/α,β-unsaturated/α-hetero) is 1. The van der Waals surface area contributed by atoms with Crippen molar-refractivity contribution in [2.24, 2.45) is 0 Å². The number of nitrogens with one attached hydrogen (secondary N) is 1. The number of ketones is 1. The van der Waals surface area contributed by atoms with E-state index in [1.165, 1.54) is 19.3 Å². The summed E-state index contributed by atoms with van der Waals surface area (Å²) in [5, 5.41) is 3.05. The molecule has 0 radical (unpaired) electrons. The van der Waals surface area contributed by atoms with Crippen molar-refractivity contribution in [1.82, 2.24) is 14.9 Å². The van der Waals surface area contributed by atoms with Crippen LogP contribution in [0.2, 0.25) is 0 Å². The molecule has 2 aromatic carbocycles. The Bertz CT molecular complexity index is 923. The minimum Gasteiger partial charge on any atom is -0.337 e. The molecule has 0 aliphatic rings. The Hall–Kier alpha value is -3.54. The topological polar surface area (TPSA) is 75.2 Å². The summed E-state index contributed by atoms with van der Waals surface area (Å²) in [5.41, 5.74) is 2.89. The van der Waals surface area contributed by atoms with Gasteiger partial charge in [-0.05, 0) is 36.8 Å². The first kappa shape index (κ1) is 18.3. The zero-order valence-electron chi connectivity index (χ0n) is 15.2. The van der Waals surface area contributed by atoms with Gasteiger partial charge in [-0.25, -0.2) is 9.97 Å². The number of hydrogen-bond donors (Lipinski definition) is 1. The van der Waals surface area contributed by atoms with Crippen LogP contribution in [0.15, 0.2) is 67.0 Å². The molecule has 0 aliphatic heterocycles. The van der Waals surface area contributed by atoms with Crippen LogP contribution >= 0.6 is 0 Å². The van der Waals surface area contributed by atoms with E-state index in [4.69, 9.17) is 0 Å². The minimum atomic E-state index is -0.142. The fourth-order valence-electron chi connectivity index (χ4n) is 2.57. The standard InChI is InChI=1S/C21H20N4O2/c1-15(26)17-8-10-19(11-9-17)24-21-22-12-18(13-23-21)20(27)25(2)14-16-6-4-3-5-7-16/h3-13H,14H2,1-2H3,(H,22,23,24). The van der Waals surface area contributed by atoms with Crippen LogP contribution in [-0.2, 0) is 6.54 Å². The molecular formula is C21H20N4O2. The number of hydrogen-bond acceptors (Lipinski definition) is 5. The summed E-state index contributed by atoms with van der Waals surface area (Å²) in [7, 11) is 1.75. The normalized spacial score (nSPS) is 10.3. The van der Waals surface area contributed by atoms with Crippen molar-refractivity contribution in [2.45, 2.75) is 13.5 Å². The number of anilines is 2. The minimum absolute atomic E-state index is 0.0142. The summed E-state index contributed by atoms with van der Waals surface area (Å²) in [4.78, 5) is 33.9. The Morgan fingerprint density at radius 1 is 0.926 bits per heavy atom. The van der Waals surface area contributed by atoms with Gasteiger partial charge in [0.1, 0.15) is 0 Å². The van der Waals surface area contributed by atoms with E-state index in [1.807, 2.05) is 30.3 Å². The van der Waals surface area contributed by atoms with E-state index in [9.17, 15) is 9.59 Å². The molecule has 3 aromatic rings. The van der Waals surface area contributed by atoms with Gasteiger partial charge in [-0.1, -0.05) is 30.3 Å². The molecule has 1 aromatic heterocycles. The molecule has 0 saturated carbocycles. The van der Waals surface area contributed by atoms with Crippen LogP contribution in [0.4, 0.5) is 11.6 Å². The molecule has 0 atom stereocenters. The molecule has 6 heteroatoms. The molecule has 0 aliphatic carbocycles. The maximum Gasteiger partial charge on any atom is 0.257 e. The lowest BCUT2D eigenvalue weighted by Gasteiger charge is -2.17. The van der Waals surface area contributed by atoms with Gasteiger partial charge in [-0.3, -0.25) is 9.59 Å². The molecule has 0 bridgehead atoms. The fraction of sp³-hybridized carbons (Fsp3) is 0.143. The molecule has 1 amide bonds. The third-order valence-electron chi connectivity index (χ3n) is 4.06. The molecule has 0 unspecified atom stereocenters. The smallest absolute Gasteiger partial charge is 0.257 e. The van der Waals surface area contributed by atoms with Crippen molar-refractivity contribution in [3.63, 3.8) is 0 Å². The highest BCUT2D eigenvalue weighted by molar-refractivity contribution is 5.94. The quantitative estimate of drug-likeness (QED) is 0.679. The van der Waals surface area contributed by atoms with Crippen LogP contribution in [0.1, 0.15) is 33.2 Å². The molecule has 3 rings (SSSR count). The number of rotatable bonds is 6. The summed E-state index contributed by atoms with van der Waals surface area (Å²) < 4.78 is 0. The highest BCUT2D eigenvalue weighted by atomic mass is 16.2. The number of carbonyl (C=O) groups excluding carboxylic acids is 2. The van der Waals surface area contributed by atoms with Crippen LogP contribution in [0.3, 0.4) is 0 Å². The summed E-state index contributed by atoms with van der Waals surface area (Å²) in [6.45, 7) is 2.04. The molecule has 0 saturated heterocycles. The lowest BCUT2D eigenvalue weighted by molar-refractivity contribution is 0.0784. The van der Waals surface area contributed by atoms with Crippen molar-refractivity contribution in [2.75, 3.05) is 12.4 Å². The Kier molecular flexibility index (Phi) is 5.56. The van der Waals surface area contributed by atoms with Gasteiger partial charge in [0.25, 0.3) is 5.91 Å². The van der Waals surface area contributed by atoms with Crippen molar-refractivity contribution in [3.8, 4) is 0 Å². The Morgan fingerprint density at radius 3 is 2.15 bits per heavy atom. The van der Waals surface area contributed by atoms with Crippen molar-refractivity contribution < 1.29 is 9.59 Å². The van der Waals surface area contributed by atoms with Gasteiger partial charge < -0.3 is 10.2 Å². The molecule has 27 heavy (non-hydrogen) atoms. The van der Waals surface area contributed by atoms with Gasteiger partial charge in [0.2, 0.25) is 5.95 Å². The van der Waals surface area contributed by atoms with E-state index >= 15 is 0 Å². The second-order valence-electron chi connectivity index (χ2n) is 6.20. The average Bonchev–Trinajstić information content (AvgIpc) is 2.69. The van der Waals surface area contributed by atoms with Gasteiger partial charge in [-0.2, -0.15) is 0 Å². The first-order valence-corrected chi connectivity index (χ1v) is 8.52. The van der Waals surface area contributed by atoms with E-state index in [2.05, 4.69) is 15.3 Å². The monoisotopic (exact) mass is 360 g/mol. The van der Waals surface area contributed by atoms with Crippen LogP contribution in [0.5, 0.6) is 0 Å². The van der Waals surface area contributed by atoms with Crippen molar-refractivity contribution in [3.05, 3.63) is 83.7 Å². The molecule has 136 valence electrons. The van der Waals surface area contributed by atoms with Crippen molar-refractivity contribution >= 4 is 23.3 Å². The second kappa shape index (κ2) is 8.23. The fourth-order valence-corrected chi connectivity index (χ4v) is 2.57. The lowest BCUT2D eigenvalue weighted by Crippen LogP contribution is -2.26. The number of nitrogens with zero attached hydrogens (tertiary/aromatic N) is 3. The summed E-state index contributed by atoms with van der Waals surface area (Å²) in [6, 6.07) is 16.8. The number of benzene rings is 2. The summed E-state index contributed by atoms with van der Waals surface area (Å²) >= 11 is 0. The molecule has 0 spiro atoms. The third-order valence-corrected chi connectivity index (χ3v) is 4.06. The molecule has 1 heterocycles. The van der Waals surface area contributed by atoms with Gasteiger partial charge in [0.15, 0.2) is 5.78 Å². The predicted octanol–water partition coefficient (Wildman–Crippen LogP) is 3.70. The van der Waals surface area contributed by atoms with Crippen LogP contribution in [0, 0.1) is 0 Å². The molecule has 6 nitrogen and oxygen atoms in total. The first-order chi connectivity index (χ1) is 13.0. The number of carbonyl (C=O) groups is 2. The van der Waals surface area contributed by atoms with Gasteiger partial charge in [0, 0.05) is 37.2 Å². The lowest BCUT2D eigenvalue weighted by atomic mass is 10.1. The largest absolute Gasteiger partial charge is 0.337 e. The van der Waals surface area contributed by atoms with Crippen LogP contribution in [0.25, 0.3) is 0 Å². The number of aromatic nitrogens is 2. The SMILES string of the molecule is CC(=O)c1ccc(Nc2ncc(C(=O)N(C)Cc3ccccc3)cn2)cc1. The van der Waals surface area contributed by atoms with Gasteiger partial charge in [-0.15, -0.1) is 0 Å². The summed E-state index contributed by atoms with van der Waals surface area (Å²) in [5.74, 6) is 0.254. The highest BCUT2D eigenvalue weighted by Gasteiger charge is 2.13. The van der Waals surface area contributed by atoms with Crippen LogP contribution in [-0.4, -0.2) is 33.6 Å². The van der Waals surface area contributed by atoms with E-state index in [-0.39, 0.29) is 11.7 Å². The Balaban J connectivity index is 1.63. The highest BCUT2D eigenvalue weighted by Crippen LogP contribution is 2.15. The van der Waals surface area contributed by atoms with E-state index in [0.29, 0.717) is 23.6 Å². The van der Waals surface area contributed by atoms with Gasteiger partial charge in [0.05, 0.1) is 5.56 Å². The first-order valence-electron chi connectivity index (χ1n) is 8.52. The predicted molar refractivity (Wildman–Crippen MR) is 104 cm³/mol. The van der Waals surface area contributed by atoms with E-state index < -0.39 is 0 Å². The average molecular weight is 360 g/mol. The molecule has 1 N–H and O–H groups in total. The van der Waals surface area contributed by atoms with E-state index in [0.717, 1.165) is 11.3 Å². The Labute approximate surface area is 157 Å². The van der Waals surface area contributed by atoms with Crippen LogP contribution < -0.4 is 5.32 Å². The number of amides is 1. The maximum atomic E-state index is 12.5. The van der Waals surface area contributed by atoms with E-state index in [1.54, 1.807) is 36.2 Å². The molecular weight excluding hydrogens is 340 g/mol. The summed E-state index contributed by atoms with van der Waals surface area (Å²) in [6.07, 6.45) is 3.01. The zero-order chi connectivity index (χ0) is 19.2. The molecule has 0 fully saturated rings.